The fourth-order valence-corrected chi connectivity index (χ4v) is 2.34. The zero-order valence-electron chi connectivity index (χ0n) is 12.7. The lowest BCUT2D eigenvalue weighted by Gasteiger charge is -2.04. The molecule has 0 aromatic heterocycles. The van der Waals surface area contributed by atoms with Gasteiger partial charge in [-0.05, 0) is 30.9 Å². The van der Waals surface area contributed by atoms with Gasteiger partial charge in [0.05, 0.1) is 6.10 Å². The number of hydrogen-bond donors (Lipinski definition) is 3. The van der Waals surface area contributed by atoms with E-state index in [-0.39, 0.29) is 49.2 Å². The molecule has 0 aromatic rings. The third-order valence-electron chi connectivity index (χ3n) is 3.52. The van der Waals surface area contributed by atoms with Gasteiger partial charge in [0.1, 0.15) is 0 Å². The normalized spacial score (nSPS) is 18.0. The number of aliphatic hydroxyl groups is 1. The highest BCUT2D eigenvalue weighted by Crippen LogP contribution is 2.28. The van der Waals surface area contributed by atoms with E-state index in [0.29, 0.717) is 18.4 Å². The lowest BCUT2D eigenvalue weighted by molar-refractivity contribution is -0.138. The number of unbranched alkanes of at least 4 members (excludes halogenated alkanes) is 1. The molecule has 0 bridgehead atoms. The van der Waals surface area contributed by atoms with Gasteiger partial charge in [-0.15, -0.1) is 0 Å². The molecule has 0 saturated heterocycles. The minimum Gasteiger partial charge on any atom is -0.481 e. The van der Waals surface area contributed by atoms with E-state index in [0.717, 1.165) is 0 Å². The van der Waals surface area contributed by atoms with Crippen LogP contribution < -0.4 is 0 Å². The molecule has 23 heavy (non-hydrogen) atoms. The van der Waals surface area contributed by atoms with Crippen LogP contribution in [0.25, 0.3) is 0 Å². The summed E-state index contributed by atoms with van der Waals surface area (Å²) in [6.07, 6.45) is 2.37. The van der Waals surface area contributed by atoms with Crippen molar-refractivity contribution in [2.24, 2.45) is 0 Å². The number of aliphatic carboxylic acids is 2. The van der Waals surface area contributed by atoms with Crippen molar-refractivity contribution in [3.05, 3.63) is 23.3 Å². The van der Waals surface area contributed by atoms with Crippen LogP contribution in [0.2, 0.25) is 0 Å². The lowest BCUT2D eigenvalue weighted by atomic mass is 10.0. The first-order valence-electron chi connectivity index (χ1n) is 7.40. The van der Waals surface area contributed by atoms with E-state index in [1.54, 1.807) is 0 Å². The molecule has 0 saturated carbocycles. The Morgan fingerprint density at radius 1 is 1.04 bits per heavy atom. The van der Waals surface area contributed by atoms with Crippen molar-refractivity contribution in [3.63, 3.8) is 0 Å². The maximum absolute atomic E-state index is 11.7. The number of allylic oxidation sites excluding steroid dienone is 2. The van der Waals surface area contributed by atoms with Crippen LogP contribution in [-0.2, 0) is 19.2 Å². The number of carboxylic acids is 2. The highest BCUT2D eigenvalue weighted by atomic mass is 16.4. The second-order valence-corrected chi connectivity index (χ2v) is 5.37. The van der Waals surface area contributed by atoms with Gasteiger partial charge in [-0.2, -0.15) is 0 Å². The molecule has 7 nitrogen and oxygen atoms in total. The average Bonchev–Trinajstić information content (AvgIpc) is 2.72. The Hall–Kier alpha value is -2.28. The van der Waals surface area contributed by atoms with Gasteiger partial charge < -0.3 is 15.3 Å². The van der Waals surface area contributed by atoms with Crippen molar-refractivity contribution < 1.29 is 34.5 Å². The van der Waals surface area contributed by atoms with Crippen molar-refractivity contribution in [1.29, 1.82) is 0 Å². The van der Waals surface area contributed by atoms with Gasteiger partial charge in [0.2, 0.25) is 0 Å². The maximum Gasteiger partial charge on any atom is 0.303 e. The predicted molar refractivity (Wildman–Crippen MR) is 79.8 cm³/mol. The van der Waals surface area contributed by atoms with Crippen LogP contribution in [0.3, 0.4) is 0 Å². The SMILES string of the molecule is O=C(O)CCCCC(=O)/C=C/C1=C(CCC(=O)O)C(=O)CC1O. The Kier molecular flexibility index (Phi) is 7.34. The summed E-state index contributed by atoms with van der Waals surface area (Å²) >= 11 is 0. The van der Waals surface area contributed by atoms with Crippen LogP contribution in [0.1, 0.15) is 44.9 Å². The molecule has 3 N–H and O–H groups in total. The van der Waals surface area contributed by atoms with E-state index in [1.807, 2.05) is 0 Å². The fraction of sp³-hybridized carbons (Fsp3) is 0.500. The van der Waals surface area contributed by atoms with Gasteiger partial charge in [-0.1, -0.05) is 6.08 Å². The van der Waals surface area contributed by atoms with E-state index < -0.39 is 18.0 Å². The molecule has 0 amide bonds. The molecule has 126 valence electrons. The van der Waals surface area contributed by atoms with Crippen molar-refractivity contribution >= 4 is 23.5 Å². The monoisotopic (exact) mass is 324 g/mol. The first-order chi connectivity index (χ1) is 10.8. The standard InChI is InChI=1S/C16H20O7/c17-10(3-1-2-4-15(20)21)5-6-11-12(7-8-16(22)23)14(19)9-13(11)18/h5-6,13,18H,1-4,7-9H2,(H,20,21)(H,22,23)/b6-5+. The minimum atomic E-state index is -1.04. The highest BCUT2D eigenvalue weighted by molar-refractivity contribution is 6.01. The van der Waals surface area contributed by atoms with Gasteiger partial charge in [0, 0.05) is 31.3 Å². The van der Waals surface area contributed by atoms with Crippen molar-refractivity contribution in [2.75, 3.05) is 0 Å². The molecule has 0 spiro atoms. The van der Waals surface area contributed by atoms with Crippen LogP contribution in [0.5, 0.6) is 0 Å². The molecular weight excluding hydrogens is 304 g/mol. The topological polar surface area (TPSA) is 129 Å². The highest BCUT2D eigenvalue weighted by Gasteiger charge is 2.29. The van der Waals surface area contributed by atoms with E-state index >= 15 is 0 Å². The second-order valence-electron chi connectivity index (χ2n) is 5.37. The molecule has 0 radical (unpaired) electrons. The molecule has 1 atom stereocenters. The Bertz CT molecular complexity index is 557. The minimum absolute atomic E-state index is 0.00863. The quantitative estimate of drug-likeness (QED) is 0.407. The molecule has 0 aromatic carbocycles. The van der Waals surface area contributed by atoms with E-state index in [4.69, 9.17) is 10.2 Å². The van der Waals surface area contributed by atoms with Crippen LogP contribution >= 0.6 is 0 Å². The third-order valence-corrected chi connectivity index (χ3v) is 3.52. The van der Waals surface area contributed by atoms with Gasteiger partial charge in [-0.3, -0.25) is 19.2 Å². The molecule has 0 heterocycles. The van der Waals surface area contributed by atoms with Crippen LogP contribution in [-0.4, -0.2) is 44.9 Å². The second kappa shape index (κ2) is 8.99. The van der Waals surface area contributed by atoms with Gasteiger partial charge in [-0.25, -0.2) is 0 Å². The van der Waals surface area contributed by atoms with E-state index in [1.165, 1.54) is 12.2 Å². The van der Waals surface area contributed by atoms with E-state index in [9.17, 15) is 24.3 Å². The van der Waals surface area contributed by atoms with Crippen molar-refractivity contribution in [2.45, 2.75) is 51.0 Å². The molecule has 1 aliphatic rings. The smallest absolute Gasteiger partial charge is 0.303 e. The zero-order chi connectivity index (χ0) is 17.4. The Labute approximate surface area is 133 Å². The van der Waals surface area contributed by atoms with Crippen LogP contribution in [0.15, 0.2) is 23.3 Å². The molecule has 1 unspecified atom stereocenters. The Morgan fingerprint density at radius 2 is 1.65 bits per heavy atom. The van der Waals surface area contributed by atoms with E-state index in [2.05, 4.69) is 0 Å². The van der Waals surface area contributed by atoms with Crippen molar-refractivity contribution in [1.82, 2.24) is 0 Å². The number of carbonyl (C=O) groups is 4. The largest absolute Gasteiger partial charge is 0.481 e. The summed E-state index contributed by atoms with van der Waals surface area (Å²) < 4.78 is 0. The van der Waals surface area contributed by atoms with Gasteiger partial charge >= 0.3 is 11.9 Å². The number of carboxylic acid groups (broad SMARTS) is 2. The third kappa shape index (κ3) is 6.56. The van der Waals surface area contributed by atoms with Crippen molar-refractivity contribution in [3.8, 4) is 0 Å². The molecule has 0 aliphatic heterocycles. The maximum atomic E-state index is 11.7. The summed E-state index contributed by atoms with van der Waals surface area (Å²) in [5, 5.41) is 27.0. The summed E-state index contributed by atoms with van der Waals surface area (Å²) in [7, 11) is 0. The van der Waals surface area contributed by atoms with Gasteiger partial charge in [0.15, 0.2) is 11.6 Å². The first kappa shape index (κ1) is 18.8. The Balaban J connectivity index is 2.62. The number of aliphatic hydroxyl groups excluding tert-OH is 1. The number of carbonyl (C=O) groups excluding carboxylic acids is 2. The molecule has 7 heteroatoms. The molecule has 1 rings (SSSR count). The summed E-state index contributed by atoms with van der Waals surface area (Å²) in [6.45, 7) is 0. The Morgan fingerprint density at radius 3 is 2.26 bits per heavy atom. The first-order valence-corrected chi connectivity index (χ1v) is 7.40. The number of rotatable bonds is 10. The summed E-state index contributed by atoms with van der Waals surface area (Å²) in [4.78, 5) is 44.4. The summed E-state index contributed by atoms with van der Waals surface area (Å²) in [5.74, 6) is -2.47. The van der Waals surface area contributed by atoms with Crippen LogP contribution in [0.4, 0.5) is 0 Å². The fourth-order valence-electron chi connectivity index (χ4n) is 2.34. The van der Waals surface area contributed by atoms with Gasteiger partial charge in [0.25, 0.3) is 0 Å². The van der Waals surface area contributed by atoms with Crippen LogP contribution in [0, 0.1) is 0 Å². The number of hydrogen-bond acceptors (Lipinski definition) is 5. The molecular formula is C16H20O7. The number of ketones is 2. The summed E-state index contributed by atoms with van der Waals surface area (Å²) in [6, 6.07) is 0. The average molecular weight is 324 g/mol. The zero-order valence-corrected chi connectivity index (χ0v) is 12.7. The number of Topliss-reactive ketones (excluding diaryl/α,β-unsaturated/α-hetero) is 1. The predicted octanol–water partition coefficient (Wildman–Crippen LogP) is 1.25. The summed E-state index contributed by atoms with van der Waals surface area (Å²) in [5.41, 5.74) is 0.560. The lowest BCUT2D eigenvalue weighted by Crippen LogP contribution is -2.05. The molecule has 0 fully saturated rings. The molecule has 1 aliphatic carbocycles.